The Labute approximate surface area is 174 Å². The molecule has 0 radical (unpaired) electrons. The molecule has 4 nitrogen and oxygen atoms in total. The molecule has 0 N–H and O–H groups in total. The van der Waals surface area contributed by atoms with Crippen LogP contribution in [0.15, 0.2) is 34.2 Å². The van der Waals surface area contributed by atoms with E-state index < -0.39 is 0 Å². The molecule has 1 saturated heterocycles. The first-order valence-corrected chi connectivity index (χ1v) is 11.7. The highest BCUT2D eigenvalue weighted by molar-refractivity contribution is 7.98. The number of aromatic nitrogens is 2. The van der Waals surface area contributed by atoms with Gasteiger partial charge in [0.15, 0.2) is 5.16 Å². The van der Waals surface area contributed by atoms with Gasteiger partial charge in [0.2, 0.25) is 0 Å². The fourth-order valence-electron chi connectivity index (χ4n) is 3.75. The minimum atomic E-state index is 0.0908. The summed E-state index contributed by atoms with van der Waals surface area (Å²) in [5.74, 6) is 0.800. The van der Waals surface area contributed by atoms with E-state index in [-0.39, 0.29) is 11.7 Å². The number of ether oxygens (including phenoxy) is 1. The van der Waals surface area contributed by atoms with Crippen molar-refractivity contribution < 1.29 is 4.74 Å². The summed E-state index contributed by atoms with van der Waals surface area (Å²) in [6.45, 7) is 7.68. The standard InChI is InChI=1S/C22H26N2O2S2/c1-4-18-15(3)28-20-19(18)21(25)24(12-17-6-5-11-26-17)22(23-20)27-13-16-9-7-14(2)8-10-16/h7-10,17H,4-6,11-13H2,1-3H3. The Balaban J connectivity index is 1.73. The van der Waals surface area contributed by atoms with Crippen molar-refractivity contribution in [1.29, 1.82) is 0 Å². The summed E-state index contributed by atoms with van der Waals surface area (Å²) in [6, 6.07) is 8.55. The first kappa shape index (κ1) is 19.7. The van der Waals surface area contributed by atoms with Crippen LogP contribution in [0.4, 0.5) is 0 Å². The van der Waals surface area contributed by atoms with Crippen molar-refractivity contribution in [3.05, 3.63) is 56.2 Å². The van der Waals surface area contributed by atoms with Crippen LogP contribution in [-0.4, -0.2) is 22.3 Å². The SMILES string of the molecule is CCc1c(C)sc2nc(SCc3ccc(C)cc3)n(CC3CCCO3)c(=O)c12. The Morgan fingerprint density at radius 2 is 2.07 bits per heavy atom. The lowest BCUT2D eigenvalue weighted by atomic mass is 10.1. The molecule has 1 atom stereocenters. The van der Waals surface area contributed by atoms with Crippen LogP contribution >= 0.6 is 23.1 Å². The molecule has 2 aromatic heterocycles. The maximum atomic E-state index is 13.4. The van der Waals surface area contributed by atoms with Crippen LogP contribution in [0.5, 0.6) is 0 Å². The van der Waals surface area contributed by atoms with E-state index in [1.165, 1.54) is 16.0 Å². The van der Waals surface area contributed by atoms with Gasteiger partial charge < -0.3 is 4.74 Å². The van der Waals surface area contributed by atoms with Gasteiger partial charge in [0.25, 0.3) is 5.56 Å². The van der Waals surface area contributed by atoms with Gasteiger partial charge in [-0.15, -0.1) is 11.3 Å². The lowest BCUT2D eigenvalue weighted by Crippen LogP contribution is -2.28. The Morgan fingerprint density at radius 1 is 1.29 bits per heavy atom. The Morgan fingerprint density at radius 3 is 2.75 bits per heavy atom. The fraction of sp³-hybridized carbons (Fsp3) is 0.455. The lowest BCUT2D eigenvalue weighted by molar-refractivity contribution is 0.0937. The topological polar surface area (TPSA) is 44.1 Å². The van der Waals surface area contributed by atoms with Crippen LogP contribution in [0.1, 0.15) is 41.3 Å². The van der Waals surface area contributed by atoms with E-state index in [9.17, 15) is 4.79 Å². The summed E-state index contributed by atoms with van der Waals surface area (Å²) in [6.07, 6.45) is 3.05. The minimum Gasteiger partial charge on any atom is -0.376 e. The van der Waals surface area contributed by atoms with Gasteiger partial charge in [-0.3, -0.25) is 9.36 Å². The van der Waals surface area contributed by atoms with Crippen LogP contribution in [0, 0.1) is 13.8 Å². The molecule has 0 saturated carbocycles. The molecule has 0 bridgehead atoms. The summed E-state index contributed by atoms with van der Waals surface area (Å²) < 4.78 is 7.69. The monoisotopic (exact) mass is 414 g/mol. The molecule has 0 spiro atoms. The van der Waals surface area contributed by atoms with Crippen LogP contribution in [0.3, 0.4) is 0 Å². The van der Waals surface area contributed by atoms with Crippen molar-refractivity contribution in [3.63, 3.8) is 0 Å². The number of benzene rings is 1. The van der Waals surface area contributed by atoms with Crippen LogP contribution in [0.25, 0.3) is 10.2 Å². The van der Waals surface area contributed by atoms with E-state index in [0.29, 0.717) is 6.54 Å². The van der Waals surface area contributed by atoms with E-state index in [2.05, 4.69) is 45.0 Å². The predicted octanol–water partition coefficient (Wildman–Crippen LogP) is 5.11. The molecule has 6 heteroatoms. The Bertz CT molecular complexity index is 1030. The second-order valence-corrected chi connectivity index (χ2v) is 9.54. The largest absolute Gasteiger partial charge is 0.376 e. The van der Waals surface area contributed by atoms with Gasteiger partial charge in [0.1, 0.15) is 4.83 Å². The lowest BCUT2D eigenvalue weighted by Gasteiger charge is -2.16. The molecule has 28 heavy (non-hydrogen) atoms. The molecule has 3 heterocycles. The van der Waals surface area contributed by atoms with Gasteiger partial charge in [-0.2, -0.15) is 0 Å². The second-order valence-electron chi connectivity index (χ2n) is 7.39. The number of rotatable bonds is 6. The van der Waals surface area contributed by atoms with Crippen molar-refractivity contribution in [2.75, 3.05) is 6.61 Å². The first-order valence-electron chi connectivity index (χ1n) is 9.89. The van der Waals surface area contributed by atoms with Crippen molar-refractivity contribution >= 4 is 33.3 Å². The molecule has 1 aliphatic heterocycles. The zero-order valence-electron chi connectivity index (χ0n) is 16.7. The zero-order valence-corrected chi connectivity index (χ0v) is 18.3. The molecule has 3 aromatic rings. The number of hydrogen-bond donors (Lipinski definition) is 0. The summed E-state index contributed by atoms with van der Waals surface area (Å²) in [7, 11) is 0. The molecule has 4 rings (SSSR count). The highest BCUT2D eigenvalue weighted by Gasteiger charge is 2.22. The van der Waals surface area contributed by atoms with E-state index in [4.69, 9.17) is 9.72 Å². The third-order valence-corrected chi connectivity index (χ3v) is 7.42. The van der Waals surface area contributed by atoms with Gasteiger partial charge in [-0.25, -0.2) is 4.98 Å². The highest BCUT2D eigenvalue weighted by atomic mass is 32.2. The van der Waals surface area contributed by atoms with Crippen molar-refractivity contribution in [2.45, 2.75) is 63.6 Å². The highest BCUT2D eigenvalue weighted by Crippen LogP contribution is 2.31. The maximum absolute atomic E-state index is 13.4. The molecule has 0 aliphatic carbocycles. The molecule has 1 unspecified atom stereocenters. The molecular weight excluding hydrogens is 388 g/mol. The van der Waals surface area contributed by atoms with E-state index in [0.717, 1.165) is 52.6 Å². The smallest absolute Gasteiger partial charge is 0.263 e. The summed E-state index contributed by atoms with van der Waals surface area (Å²) in [5.41, 5.74) is 3.73. The summed E-state index contributed by atoms with van der Waals surface area (Å²) in [4.78, 5) is 20.4. The number of fused-ring (bicyclic) bond motifs is 1. The Hall–Kier alpha value is -1.63. The number of thiophene rings is 1. The van der Waals surface area contributed by atoms with E-state index >= 15 is 0 Å². The average Bonchev–Trinajstić information content (AvgIpc) is 3.30. The Kier molecular flexibility index (Phi) is 5.90. The normalized spacial score (nSPS) is 16.9. The van der Waals surface area contributed by atoms with Gasteiger partial charge in [-0.05, 0) is 44.2 Å². The first-order chi connectivity index (χ1) is 13.6. The van der Waals surface area contributed by atoms with Crippen molar-refractivity contribution in [3.8, 4) is 0 Å². The van der Waals surface area contributed by atoms with Gasteiger partial charge in [0.05, 0.1) is 18.0 Å². The fourth-order valence-corrected chi connectivity index (χ4v) is 5.87. The molecule has 1 aromatic carbocycles. The number of aryl methyl sites for hydroxylation is 3. The van der Waals surface area contributed by atoms with Gasteiger partial charge in [0, 0.05) is 17.2 Å². The van der Waals surface area contributed by atoms with Crippen LogP contribution in [-0.2, 0) is 23.5 Å². The molecule has 1 aliphatic rings. The molecule has 148 valence electrons. The van der Waals surface area contributed by atoms with Gasteiger partial charge >= 0.3 is 0 Å². The number of nitrogens with zero attached hydrogens (tertiary/aromatic N) is 2. The van der Waals surface area contributed by atoms with Crippen LogP contribution in [0.2, 0.25) is 0 Å². The molecule has 1 fully saturated rings. The average molecular weight is 415 g/mol. The summed E-state index contributed by atoms with van der Waals surface area (Å²) in [5, 5.41) is 1.61. The predicted molar refractivity (Wildman–Crippen MR) is 118 cm³/mol. The molecule has 0 amide bonds. The third kappa shape index (κ3) is 3.91. The molecular formula is C22H26N2O2S2. The minimum absolute atomic E-state index is 0.0908. The second kappa shape index (κ2) is 8.39. The maximum Gasteiger partial charge on any atom is 0.263 e. The van der Waals surface area contributed by atoms with E-state index in [1.807, 2.05) is 4.57 Å². The third-order valence-electron chi connectivity index (χ3n) is 5.33. The quantitative estimate of drug-likeness (QED) is 0.415. The van der Waals surface area contributed by atoms with E-state index in [1.54, 1.807) is 23.1 Å². The van der Waals surface area contributed by atoms with Crippen molar-refractivity contribution in [1.82, 2.24) is 9.55 Å². The van der Waals surface area contributed by atoms with Crippen LogP contribution < -0.4 is 5.56 Å². The summed E-state index contributed by atoms with van der Waals surface area (Å²) >= 11 is 3.28. The zero-order chi connectivity index (χ0) is 19.7. The number of thioether (sulfide) groups is 1. The van der Waals surface area contributed by atoms with Crippen molar-refractivity contribution in [2.24, 2.45) is 0 Å². The number of hydrogen-bond acceptors (Lipinski definition) is 5. The van der Waals surface area contributed by atoms with Gasteiger partial charge in [-0.1, -0.05) is 48.5 Å².